The fourth-order valence-electron chi connectivity index (χ4n) is 4.86. The Hall–Kier alpha value is -3.55. The molecule has 6 nitrogen and oxygen atoms in total. The van der Waals surface area contributed by atoms with Crippen LogP contribution in [0.3, 0.4) is 0 Å². The van der Waals surface area contributed by atoms with E-state index in [0.717, 1.165) is 42.1 Å². The zero-order chi connectivity index (χ0) is 25.1. The van der Waals surface area contributed by atoms with Crippen molar-refractivity contribution in [1.82, 2.24) is 9.29 Å². The number of piperidine rings is 1. The van der Waals surface area contributed by atoms with Crippen LogP contribution in [0.5, 0.6) is 0 Å². The van der Waals surface area contributed by atoms with Gasteiger partial charge in [-0.3, -0.25) is 4.79 Å². The Morgan fingerprint density at radius 2 is 1.69 bits per heavy atom. The SMILES string of the molecule is CCC1CCCCN1S(=O)(=O)c1ccc(NC(=O)c2cc(-c3ccccc3)nc3ccccc23)cc1. The number of pyridine rings is 1. The molecule has 0 saturated carbocycles. The van der Waals surface area contributed by atoms with Gasteiger partial charge in [-0.15, -0.1) is 0 Å². The van der Waals surface area contributed by atoms with E-state index in [0.29, 0.717) is 23.5 Å². The first kappa shape index (κ1) is 24.2. The van der Waals surface area contributed by atoms with Crippen molar-refractivity contribution in [3.05, 3.63) is 90.5 Å². The van der Waals surface area contributed by atoms with Crippen molar-refractivity contribution in [2.75, 3.05) is 11.9 Å². The number of nitrogens with zero attached hydrogens (tertiary/aromatic N) is 2. The smallest absolute Gasteiger partial charge is 0.256 e. The number of carbonyl (C=O) groups is 1. The number of nitrogens with one attached hydrogen (secondary N) is 1. The average Bonchev–Trinajstić information content (AvgIpc) is 2.93. The normalized spacial score (nSPS) is 16.6. The Balaban J connectivity index is 1.42. The highest BCUT2D eigenvalue weighted by Crippen LogP contribution is 2.29. The van der Waals surface area contributed by atoms with Crippen LogP contribution in [-0.2, 0) is 10.0 Å². The van der Waals surface area contributed by atoms with Gasteiger partial charge in [0.1, 0.15) is 0 Å². The number of rotatable bonds is 6. The van der Waals surface area contributed by atoms with E-state index in [4.69, 9.17) is 4.98 Å². The molecule has 184 valence electrons. The van der Waals surface area contributed by atoms with Crippen LogP contribution in [0.1, 0.15) is 43.0 Å². The third-order valence-corrected chi connectivity index (χ3v) is 8.76. The molecule has 1 atom stereocenters. The number of hydrogen-bond donors (Lipinski definition) is 1. The van der Waals surface area contributed by atoms with Crippen molar-refractivity contribution in [1.29, 1.82) is 0 Å². The lowest BCUT2D eigenvalue weighted by molar-refractivity contribution is 0.102. The Morgan fingerprint density at radius 3 is 2.44 bits per heavy atom. The average molecular weight is 500 g/mol. The maximum atomic E-state index is 13.4. The second-order valence-corrected chi connectivity index (χ2v) is 11.0. The molecule has 1 unspecified atom stereocenters. The zero-order valence-corrected chi connectivity index (χ0v) is 21.0. The Bertz CT molecular complexity index is 1490. The number of amides is 1. The van der Waals surface area contributed by atoms with Crippen LogP contribution in [0, 0.1) is 0 Å². The minimum Gasteiger partial charge on any atom is -0.322 e. The van der Waals surface area contributed by atoms with Gasteiger partial charge in [-0.25, -0.2) is 13.4 Å². The van der Waals surface area contributed by atoms with Crippen molar-refractivity contribution in [3.63, 3.8) is 0 Å². The quantitative estimate of drug-likeness (QED) is 0.347. The van der Waals surface area contributed by atoms with Crippen LogP contribution in [0.4, 0.5) is 5.69 Å². The summed E-state index contributed by atoms with van der Waals surface area (Å²) in [6.45, 7) is 2.58. The fraction of sp³-hybridized carbons (Fsp3) is 0.241. The summed E-state index contributed by atoms with van der Waals surface area (Å²) in [5.74, 6) is -0.275. The lowest BCUT2D eigenvalue weighted by Crippen LogP contribution is -2.43. The maximum absolute atomic E-state index is 13.4. The second kappa shape index (κ2) is 10.2. The molecule has 1 fully saturated rings. The monoisotopic (exact) mass is 499 g/mol. The van der Waals surface area contributed by atoms with Gasteiger partial charge in [-0.05, 0) is 55.7 Å². The molecule has 36 heavy (non-hydrogen) atoms. The standard InChI is InChI=1S/C29H29N3O3S/c1-2-23-12-8-9-19-32(23)36(34,35)24-17-15-22(16-18-24)30-29(33)26-20-28(21-10-4-3-5-11-21)31-27-14-7-6-13-25(26)27/h3-7,10-11,13-18,20,23H,2,8-9,12,19H2,1H3,(H,30,33). The molecular weight excluding hydrogens is 470 g/mol. The van der Waals surface area contributed by atoms with E-state index in [1.807, 2.05) is 61.5 Å². The summed E-state index contributed by atoms with van der Waals surface area (Å²) >= 11 is 0. The van der Waals surface area contributed by atoms with Crippen molar-refractivity contribution >= 4 is 32.5 Å². The summed E-state index contributed by atoms with van der Waals surface area (Å²) in [4.78, 5) is 18.3. The Labute approximate surface area is 212 Å². The van der Waals surface area contributed by atoms with E-state index in [2.05, 4.69) is 5.32 Å². The highest BCUT2D eigenvalue weighted by molar-refractivity contribution is 7.89. The molecule has 0 spiro atoms. The third kappa shape index (κ3) is 4.76. The van der Waals surface area contributed by atoms with E-state index in [-0.39, 0.29) is 16.8 Å². The maximum Gasteiger partial charge on any atom is 0.256 e. The van der Waals surface area contributed by atoms with Crippen LogP contribution in [0.2, 0.25) is 0 Å². The van der Waals surface area contributed by atoms with Gasteiger partial charge in [0, 0.05) is 29.2 Å². The lowest BCUT2D eigenvalue weighted by Gasteiger charge is -2.34. The molecular formula is C29H29N3O3S. The molecule has 2 heterocycles. The predicted molar refractivity (Wildman–Crippen MR) is 143 cm³/mol. The van der Waals surface area contributed by atoms with Crippen molar-refractivity contribution < 1.29 is 13.2 Å². The molecule has 1 aromatic heterocycles. The summed E-state index contributed by atoms with van der Waals surface area (Å²) < 4.78 is 28.2. The first-order valence-corrected chi connectivity index (χ1v) is 13.8. The molecule has 1 aliphatic heterocycles. The van der Waals surface area contributed by atoms with E-state index < -0.39 is 10.0 Å². The molecule has 1 aliphatic rings. The van der Waals surface area contributed by atoms with Gasteiger partial charge in [-0.2, -0.15) is 4.31 Å². The number of sulfonamides is 1. The van der Waals surface area contributed by atoms with Gasteiger partial charge in [0.2, 0.25) is 10.0 Å². The number of carbonyl (C=O) groups excluding carboxylic acids is 1. The van der Waals surface area contributed by atoms with Gasteiger partial charge < -0.3 is 5.32 Å². The summed E-state index contributed by atoms with van der Waals surface area (Å²) in [5.41, 5.74) is 3.42. The van der Waals surface area contributed by atoms with E-state index in [1.54, 1.807) is 34.6 Å². The highest BCUT2D eigenvalue weighted by Gasteiger charge is 2.32. The molecule has 3 aromatic carbocycles. The number of fused-ring (bicyclic) bond motifs is 1. The predicted octanol–water partition coefficient (Wildman–Crippen LogP) is 6.11. The second-order valence-electron chi connectivity index (χ2n) is 9.09. The Morgan fingerprint density at radius 1 is 0.972 bits per heavy atom. The lowest BCUT2D eigenvalue weighted by atomic mass is 10.0. The number of anilines is 1. The summed E-state index contributed by atoms with van der Waals surface area (Å²) in [6, 6.07) is 25.6. The first-order valence-electron chi connectivity index (χ1n) is 12.4. The molecule has 0 radical (unpaired) electrons. The molecule has 0 aliphatic carbocycles. The minimum absolute atomic E-state index is 0.0434. The van der Waals surface area contributed by atoms with Crippen LogP contribution >= 0.6 is 0 Å². The van der Waals surface area contributed by atoms with Gasteiger partial charge in [0.15, 0.2) is 0 Å². The minimum atomic E-state index is -3.57. The summed E-state index contributed by atoms with van der Waals surface area (Å²) in [7, 11) is -3.57. The number of benzene rings is 3. The molecule has 1 N–H and O–H groups in total. The number of aromatic nitrogens is 1. The van der Waals surface area contributed by atoms with Gasteiger partial charge >= 0.3 is 0 Å². The van der Waals surface area contributed by atoms with Crippen molar-refractivity contribution in [3.8, 4) is 11.3 Å². The first-order chi connectivity index (χ1) is 17.5. The van der Waals surface area contributed by atoms with Gasteiger partial charge in [0.05, 0.1) is 21.7 Å². The van der Waals surface area contributed by atoms with Crippen LogP contribution in [0.15, 0.2) is 89.8 Å². The van der Waals surface area contributed by atoms with Crippen LogP contribution in [0.25, 0.3) is 22.2 Å². The van der Waals surface area contributed by atoms with E-state index in [1.165, 1.54) is 0 Å². The molecule has 0 bridgehead atoms. The van der Waals surface area contributed by atoms with E-state index in [9.17, 15) is 13.2 Å². The zero-order valence-electron chi connectivity index (χ0n) is 20.2. The Kier molecular flexibility index (Phi) is 6.85. The van der Waals surface area contributed by atoms with Gasteiger partial charge in [-0.1, -0.05) is 61.9 Å². The highest BCUT2D eigenvalue weighted by atomic mass is 32.2. The van der Waals surface area contributed by atoms with Crippen molar-refractivity contribution in [2.45, 2.75) is 43.5 Å². The molecule has 4 aromatic rings. The fourth-order valence-corrected chi connectivity index (χ4v) is 6.63. The topological polar surface area (TPSA) is 79.4 Å². The largest absolute Gasteiger partial charge is 0.322 e. The summed E-state index contributed by atoms with van der Waals surface area (Å²) in [6.07, 6.45) is 3.65. The van der Waals surface area contributed by atoms with E-state index >= 15 is 0 Å². The number of hydrogen-bond acceptors (Lipinski definition) is 4. The van der Waals surface area contributed by atoms with Crippen LogP contribution < -0.4 is 5.32 Å². The van der Waals surface area contributed by atoms with Gasteiger partial charge in [0.25, 0.3) is 5.91 Å². The third-order valence-electron chi connectivity index (χ3n) is 6.79. The number of para-hydroxylation sites is 1. The molecule has 5 rings (SSSR count). The van der Waals surface area contributed by atoms with Crippen molar-refractivity contribution in [2.24, 2.45) is 0 Å². The molecule has 7 heteroatoms. The summed E-state index contributed by atoms with van der Waals surface area (Å²) in [5, 5.41) is 3.69. The van der Waals surface area contributed by atoms with Crippen LogP contribution in [-0.4, -0.2) is 36.2 Å². The molecule has 1 saturated heterocycles. The molecule has 1 amide bonds.